The first-order chi connectivity index (χ1) is 32.8. The van der Waals surface area contributed by atoms with Crippen LogP contribution in [0.5, 0.6) is 0 Å². The Kier molecular flexibility index (Phi) is 9.05. The zero-order valence-electron chi connectivity index (χ0n) is 38.0. The van der Waals surface area contributed by atoms with Crippen LogP contribution >= 0.6 is 0 Å². The first-order valence-electron chi connectivity index (χ1n) is 23.7. The van der Waals surface area contributed by atoms with Crippen LogP contribution < -0.4 is 4.90 Å². The fourth-order valence-electron chi connectivity index (χ4n) is 11.3. The van der Waals surface area contributed by atoms with Crippen LogP contribution in [0.2, 0.25) is 0 Å². The predicted molar refractivity (Wildman–Crippen MR) is 281 cm³/mol. The Balaban J connectivity index is 0.797. The Morgan fingerprint density at radius 1 is 0.478 bits per heavy atom. The molecule has 3 aliphatic rings. The molecule has 2 atom stereocenters. The van der Waals surface area contributed by atoms with Crippen molar-refractivity contribution < 1.29 is 8.83 Å². The second kappa shape index (κ2) is 15.4. The zero-order valence-corrected chi connectivity index (χ0v) is 38.0. The maximum Gasteiger partial charge on any atom is 0.136 e. The van der Waals surface area contributed by atoms with E-state index in [1.54, 1.807) is 0 Å². The summed E-state index contributed by atoms with van der Waals surface area (Å²) in [7, 11) is 0. The Morgan fingerprint density at radius 3 is 1.73 bits per heavy atom. The van der Waals surface area contributed by atoms with Gasteiger partial charge in [0.2, 0.25) is 0 Å². The molecule has 0 bridgehead atoms. The summed E-state index contributed by atoms with van der Waals surface area (Å²) in [5.74, 6) is 0.517. The minimum atomic E-state index is -0.0644. The molecule has 0 fully saturated rings. The van der Waals surface area contributed by atoms with Gasteiger partial charge in [0.25, 0.3) is 0 Å². The summed E-state index contributed by atoms with van der Waals surface area (Å²) in [6.45, 7) is 7.19. The molecule has 10 aromatic rings. The molecule has 0 saturated carbocycles. The van der Waals surface area contributed by atoms with Crippen LogP contribution in [0.1, 0.15) is 50.3 Å². The van der Waals surface area contributed by atoms with Crippen molar-refractivity contribution in [1.29, 1.82) is 0 Å². The van der Waals surface area contributed by atoms with Gasteiger partial charge in [0.1, 0.15) is 22.3 Å². The van der Waals surface area contributed by atoms with Crippen LogP contribution in [0, 0.1) is 5.92 Å². The Labute approximate surface area is 391 Å². The lowest BCUT2D eigenvalue weighted by molar-refractivity contribution is 0.642. The molecule has 2 aromatic heterocycles. The average Bonchev–Trinajstić information content (AvgIpc) is 4.01. The molecule has 2 heterocycles. The van der Waals surface area contributed by atoms with Gasteiger partial charge >= 0.3 is 0 Å². The average molecular weight is 864 g/mol. The van der Waals surface area contributed by atoms with Crippen molar-refractivity contribution in [2.45, 2.75) is 45.1 Å². The molecule has 3 aliphatic carbocycles. The number of benzene rings is 8. The second-order valence-electron chi connectivity index (χ2n) is 19.2. The van der Waals surface area contributed by atoms with Gasteiger partial charge in [-0.15, -0.1) is 0 Å². The van der Waals surface area contributed by atoms with Gasteiger partial charge in [0, 0.05) is 38.3 Å². The molecule has 0 amide bonds. The summed E-state index contributed by atoms with van der Waals surface area (Å²) >= 11 is 0. The molecular weight excluding hydrogens is 815 g/mol. The standard InChI is InChI=1S/C64H49NO2/c1-40-9-8-12-57-63(40)55-35-33-51(39-58(55)64(57,2)3)65(49-29-23-43(24-30-49)41-15-19-45(20-16-41)47-28-36-61-56(37-47)53-11-5-7-14-60(53)66-61)50-31-25-44(26-32-50)42-17-21-46(22-18-42)48-27-34-54-52-10-4-6-13-59(52)67-62(54)38-48/h4-8,10-29,31-40,49H,9,30H2,1-3H3. The molecule has 0 radical (unpaired) electrons. The molecule has 67 heavy (non-hydrogen) atoms. The van der Waals surface area contributed by atoms with Gasteiger partial charge in [-0.3, -0.25) is 0 Å². The third-order valence-electron chi connectivity index (χ3n) is 14.9. The third-order valence-corrected chi connectivity index (χ3v) is 14.9. The van der Waals surface area contributed by atoms with Crippen LogP contribution in [0.25, 0.3) is 88.4 Å². The molecule has 0 saturated heterocycles. The fraction of sp³-hybridized carbons (Fsp3) is 0.125. The molecule has 3 heteroatoms. The van der Waals surface area contributed by atoms with E-state index in [1.165, 1.54) is 72.6 Å². The van der Waals surface area contributed by atoms with Gasteiger partial charge in [-0.25, -0.2) is 0 Å². The maximum absolute atomic E-state index is 6.21. The topological polar surface area (TPSA) is 29.5 Å². The van der Waals surface area contributed by atoms with Crippen molar-refractivity contribution in [2.24, 2.45) is 5.92 Å². The van der Waals surface area contributed by atoms with Gasteiger partial charge in [-0.05, 0) is 146 Å². The number of fused-ring (bicyclic) bond motifs is 8. The van der Waals surface area contributed by atoms with E-state index >= 15 is 0 Å². The highest BCUT2D eigenvalue weighted by atomic mass is 16.3. The first kappa shape index (κ1) is 39.5. The highest BCUT2D eigenvalue weighted by molar-refractivity contribution is 6.07. The van der Waals surface area contributed by atoms with Crippen LogP contribution in [0.4, 0.5) is 11.4 Å². The lowest BCUT2D eigenvalue weighted by Crippen LogP contribution is -2.30. The normalized spacial score (nSPS) is 17.4. The van der Waals surface area contributed by atoms with E-state index in [2.05, 4.69) is 208 Å². The Hall–Kier alpha value is -7.88. The van der Waals surface area contributed by atoms with E-state index < -0.39 is 0 Å². The lowest BCUT2D eigenvalue weighted by Gasteiger charge is -2.34. The minimum absolute atomic E-state index is 0.0644. The fourth-order valence-corrected chi connectivity index (χ4v) is 11.3. The van der Waals surface area contributed by atoms with Gasteiger partial charge in [0.05, 0.1) is 6.04 Å². The van der Waals surface area contributed by atoms with Crippen LogP contribution in [0.3, 0.4) is 0 Å². The van der Waals surface area contributed by atoms with Crippen LogP contribution in [-0.4, -0.2) is 6.04 Å². The minimum Gasteiger partial charge on any atom is -0.456 e. The lowest BCUT2D eigenvalue weighted by atomic mass is 9.78. The number of para-hydroxylation sites is 2. The smallest absolute Gasteiger partial charge is 0.136 e. The number of hydrogen-bond acceptors (Lipinski definition) is 3. The van der Waals surface area contributed by atoms with E-state index in [9.17, 15) is 0 Å². The van der Waals surface area contributed by atoms with E-state index in [1.807, 2.05) is 24.3 Å². The predicted octanol–water partition coefficient (Wildman–Crippen LogP) is 17.7. The zero-order chi connectivity index (χ0) is 44.8. The first-order valence-corrected chi connectivity index (χ1v) is 23.7. The highest BCUT2D eigenvalue weighted by Gasteiger charge is 2.39. The van der Waals surface area contributed by atoms with E-state index in [-0.39, 0.29) is 11.5 Å². The number of nitrogens with zero attached hydrogens (tertiary/aromatic N) is 1. The van der Waals surface area contributed by atoms with Gasteiger partial charge in [0.15, 0.2) is 0 Å². The Morgan fingerprint density at radius 2 is 1.03 bits per heavy atom. The van der Waals surface area contributed by atoms with Gasteiger partial charge < -0.3 is 13.7 Å². The summed E-state index contributed by atoms with van der Waals surface area (Å²) in [4.78, 5) is 2.55. The Bertz CT molecular complexity index is 3720. The molecular formula is C64H49NO2. The quantitative estimate of drug-likeness (QED) is 0.160. The van der Waals surface area contributed by atoms with Crippen molar-refractivity contribution in [3.05, 3.63) is 229 Å². The molecule has 8 aromatic carbocycles. The molecule has 13 rings (SSSR count). The van der Waals surface area contributed by atoms with Crippen molar-refractivity contribution in [2.75, 3.05) is 4.90 Å². The number of rotatable bonds is 7. The number of furan rings is 2. The summed E-state index contributed by atoms with van der Waals surface area (Å²) in [5, 5.41) is 4.61. The second-order valence-corrected chi connectivity index (χ2v) is 19.2. The van der Waals surface area contributed by atoms with Crippen molar-refractivity contribution in [1.82, 2.24) is 0 Å². The molecule has 0 N–H and O–H groups in total. The van der Waals surface area contributed by atoms with E-state index in [0.717, 1.165) is 62.3 Å². The van der Waals surface area contributed by atoms with Gasteiger partial charge in [-0.2, -0.15) is 0 Å². The maximum atomic E-state index is 6.21. The molecule has 322 valence electrons. The summed E-state index contributed by atoms with van der Waals surface area (Å²) in [6.07, 6.45) is 13.9. The number of anilines is 2. The summed E-state index contributed by atoms with van der Waals surface area (Å²) < 4.78 is 12.3. The van der Waals surface area contributed by atoms with Crippen LogP contribution in [0.15, 0.2) is 221 Å². The highest BCUT2D eigenvalue weighted by Crippen LogP contribution is 2.53. The van der Waals surface area contributed by atoms with Crippen LogP contribution in [-0.2, 0) is 5.41 Å². The monoisotopic (exact) mass is 863 g/mol. The number of allylic oxidation sites excluding steroid dienone is 6. The number of hydrogen-bond donors (Lipinski definition) is 0. The van der Waals surface area contributed by atoms with E-state index in [0.29, 0.717) is 5.92 Å². The summed E-state index contributed by atoms with van der Waals surface area (Å²) in [6, 6.07) is 64.1. The SMILES string of the molecule is CC1CC=CC2=C1c1ccc(N(c3ccc(-c4ccc(-c5ccc6c(c5)oc5ccccc56)cc4)cc3)C3C=CC(c4ccc(-c5ccc6oc7ccccc7c6c5)cc4)=CC3)cc1C2(C)C. The molecule has 0 aliphatic heterocycles. The molecule has 2 unspecified atom stereocenters. The largest absolute Gasteiger partial charge is 0.456 e. The van der Waals surface area contributed by atoms with Crippen molar-refractivity contribution >= 4 is 66.4 Å². The molecule has 3 nitrogen and oxygen atoms in total. The van der Waals surface area contributed by atoms with Gasteiger partial charge in [-0.1, -0.05) is 166 Å². The van der Waals surface area contributed by atoms with E-state index in [4.69, 9.17) is 8.83 Å². The third kappa shape index (κ3) is 6.55. The summed E-state index contributed by atoms with van der Waals surface area (Å²) in [5.41, 5.74) is 21.4. The van der Waals surface area contributed by atoms with Crippen molar-refractivity contribution in [3.8, 4) is 33.4 Å². The molecule has 0 spiro atoms. The van der Waals surface area contributed by atoms with Crippen molar-refractivity contribution in [3.63, 3.8) is 0 Å².